The van der Waals surface area contributed by atoms with Crippen molar-refractivity contribution in [2.24, 2.45) is 0 Å². The molecule has 0 amide bonds. The van der Waals surface area contributed by atoms with Gasteiger partial charge in [-0.2, -0.15) is 4.37 Å². The summed E-state index contributed by atoms with van der Waals surface area (Å²) in [6.45, 7) is 1.67. The molecule has 0 radical (unpaired) electrons. The van der Waals surface area contributed by atoms with Crippen LogP contribution in [-0.4, -0.2) is 15.4 Å². The lowest BCUT2D eigenvalue weighted by Gasteiger charge is -1.88. The number of nitrogens with zero attached hydrogens (tertiary/aromatic N) is 1. The molecule has 0 spiro atoms. The Bertz CT molecular complexity index is 251. The van der Waals surface area contributed by atoms with Gasteiger partial charge in [-0.15, -0.1) is 0 Å². The Morgan fingerprint density at radius 2 is 2.40 bits per heavy atom. The minimum absolute atomic E-state index is 0.269. The molecule has 3 nitrogen and oxygen atoms in total. The quantitative estimate of drug-likeness (QED) is 0.789. The summed E-state index contributed by atoms with van der Waals surface area (Å²) in [7, 11) is 0. The molecule has 0 bridgehead atoms. The van der Waals surface area contributed by atoms with Gasteiger partial charge in [0.05, 0.1) is 5.69 Å². The van der Waals surface area contributed by atoms with E-state index in [9.17, 15) is 4.79 Å². The highest BCUT2D eigenvalue weighted by Gasteiger charge is 2.14. The number of halogens is 1. The maximum absolute atomic E-state index is 10.4. The van der Waals surface area contributed by atoms with Crippen molar-refractivity contribution >= 4 is 33.4 Å². The Labute approximate surface area is 70.0 Å². The first-order chi connectivity index (χ1) is 4.63. The number of carboxylic acid groups (broad SMARTS) is 1. The second-order valence-electron chi connectivity index (χ2n) is 1.72. The molecule has 0 fully saturated rings. The van der Waals surface area contributed by atoms with Crippen LogP contribution in [0.2, 0.25) is 0 Å². The molecular formula is C5H4BrNO2S. The van der Waals surface area contributed by atoms with Crippen LogP contribution in [0.15, 0.2) is 3.79 Å². The van der Waals surface area contributed by atoms with Gasteiger partial charge in [0, 0.05) is 0 Å². The average Bonchev–Trinajstić information content (AvgIpc) is 2.11. The second-order valence-corrected chi connectivity index (χ2v) is 3.81. The predicted octanol–water partition coefficient (Wildman–Crippen LogP) is 1.91. The van der Waals surface area contributed by atoms with Crippen molar-refractivity contribution in [2.45, 2.75) is 6.92 Å². The first kappa shape index (κ1) is 7.68. The van der Waals surface area contributed by atoms with Crippen LogP contribution >= 0.6 is 27.5 Å². The van der Waals surface area contributed by atoms with Gasteiger partial charge in [-0.25, -0.2) is 4.79 Å². The predicted molar refractivity (Wildman–Crippen MR) is 41.5 cm³/mol. The Kier molecular flexibility index (Phi) is 2.05. The summed E-state index contributed by atoms with van der Waals surface area (Å²) >= 11 is 4.24. The smallest absolute Gasteiger partial charge is 0.339 e. The number of aromatic carboxylic acids is 1. The number of aromatic nitrogens is 1. The maximum Gasteiger partial charge on any atom is 0.339 e. The molecule has 0 saturated carbocycles. The SMILES string of the molecule is Cc1nsc(Br)c1C(=O)O. The molecular weight excluding hydrogens is 218 g/mol. The first-order valence-electron chi connectivity index (χ1n) is 2.48. The van der Waals surface area contributed by atoms with Crippen LogP contribution in [0.3, 0.4) is 0 Å². The lowest BCUT2D eigenvalue weighted by atomic mass is 10.3. The van der Waals surface area contributed by atoms with Crippen molar-refractivity contribution in [3.05, 3.63) is 15.0 Å². The number of carboxylic acids is 1. The fourth-order valence-electron chi connectivity index (χ4n) is 0.581. The van der Waals surface area contributed by atoms with E-state index in [1.165, 1.54) is 0 Å². The van der Waals surface area contributed by atoms with Gasteiger partial charge < -0.3 is 5.11 Å². The van der Waals surface area contributed by atoms with E-state index in [1.54, 1.807) is 6.92 Å². The summed E-state index contributed by atoms with van der Waals surface area (Å²) in [6.07, 6.45) is 0. The van der Waals surface area contributed by atoms with Crippen molar-refractivity contribution in [3.63, 3.8) is 0 Å². The van der Waals surface area contributed by atoms with Crippen LogP contribution in [-0.2, 0) is 0 Å². The molecule has 0 saturated heterocycles. The van der Waals surface area contributed by atoms with Crippen molar-refractivity contribution < 1.29 is 9.90 Å². The fraction of sp³-hybridized carbons (Fsp3) is 0.200. The second kappa shape index (κ2) is 2.67. The van der Waals surface area contributed by atoms with E-state index >= 15 is 0 Å². The standard InChI is InChI=1S/C5H4BrNO2S/c1-2-3(5(8)9)4(6)10-7-2/h1H3,(H,8,9). The van der Waals surface area contributed by atoms with E-state index in [2.05, 4.69) is 20.3 Å². The Morgan fingerprint density at radius 1 is 1.80 bits per heavy atom. The molecule has 0 aliphatic rings. The molecule has 1 aromatic heterocycles. The molecule has 1 heterocycles. The van der Waals surface area contributed by atoms with Gasteiger partial charge in [-0.1, -0.05) is 0 Å². The molecule has 0 unspecified atom stereocenters. The molecule has 1 aromatic rings. The topological polar surface area (TPSA) is 50.2 Å². The highest BCUT2D eigenvalue weighted by atomic mass is 79.9. The number of carbonyl (C=O) groups is 1. The zero-order valence-electron chi connectivity index (χ0n) is 5.09. The lowest BCUT2D eigenvalue weighted by molar-refractivity contribution is 0.0695. The lowest BCUT2D eigenvalue weighted by Crippen LogP contribution is -1.96. The molecule has 0 aliphatic heterocycles. The molecule has 10 heavy (non-hydrogen) atoms. The molecule has 0 aliphatic carbocycles. The van der Waals surface area contributed by atoms with Crippen molar-refractivity contribution in [1.29, 1.82) is 0 Å². The summed E-state index contributed by atoms with van der Waals surface area (Å²) in [6, 6.07) is 0. The Hall–Kier alpha value is -0.420. The normalized spacial score (nSPS) is 9.80. The first-order valence-corrected chi connectivity index (χ1v) is 4.04. The Balaban J connectivity index is 3.23. The third-order valence-corrected chi connectivity index (χ3v) is 2.60. The van der Waals surface area contributed by atoms with Crippen LogP contribution in [0.25, 0.3) is 0 Å². The van der Waals surface area contributed by atoms with Gasteiger partial charge in [0.1, 0.15) is 9.35 Å². The van der Waals surface area contributed by atoms with Gasteiger partial charge in [0.25, 0.3) is 0 Å². The van der Waals surface area contributed by atoms with E-state index in [1.807, 2.05) is 0 Å². The van der Waals surface area contributed by atoms with E-state index in [4.69, 9.17) is 5.11 Å². The third-order valence-electron chi connectivity index (χ3n) is 1.03. The Morgan fingerprint density at radius 3 is 2.60 bits per heavy atom. The van der Waals surface area contributed by atoms with E-state index in [-0.39, 0.29) is 5.56 Å². The van der Waals surface area contributed by atoms with Gasteiger partial charge in [-0.05, 0) is 34.4 Å². The largest absolute Gasteiger partial charge is 0.478 e. The van der Waals surface area contributed by atoms with Gasteiger partial charge in [0.2, 0.25) is 0 Å². The minimum atomic E-state index is -0.932. The highest BCUT2D eigenvalue weighted by Crippen LogP contribution is 2.23. The van der Waals surface area contributed by atoms with E-state index in [0.717, 1.165) is 11.5 Å². The number of rotatable bonds is 1. The maximum atomic E-state index is 10.4. The monoisotopic (exact) mass is 221 g/mol. The van der Waals surface area contributed by atoms with Crippen LogP contribution < -0.4 is 0 Å². The summed E-state index contributed by atoms with van der Waals surface area (Å²) in [5.74, 6) is -0.932. The van der Waals surface area contributed by atoms with Gasteiger partial charge in [-0.3, -0.25) is 0 Å². The number of hydrogen-bond donors (Lipinski definition) is 1. The van der Waals surface area contributed by atoms with Crippen LogP contribution in [0.4, 0.5) is 0 Å². The molecule has 54 valence electrons. The van der Waals surface area contributed by atoms with Crippen LogP contribution in [0, 0.1) is 6.92 Å². The molecule has 0 aromatic carbocycles. The van der Waals surface area contributed by atoms with E-state index < -0.39 is 5.97 Å². The summed E-state index contributed by atoms with van der Waals surface area (Å²) in [5.41, 5.74) is 0.828. The zero-order valence-corrected chi connectivity index (χ0v) is 7.49. The number of hydrogen-bond acceptors (Lipinski definition) is 3. The summed E-state index contributed by atoms with van der Waals surface area (Å²) < 4.78 is 4.43. The molecule has 1 rings (SSSR count). The summed E-state index contributed by atoms with van der Waals surface area (Å²) in [4.78, 5) is 10.4. The average molecular weight is 222 g/mol. The van der Waals surface area contributed by atoms with Crippen molar-refractivity contribution in [2.75, 3.05) is 0 Å². The van der Waals surface area contributed by atoms with Gasteiger partial charge >= 0.3 is 5.97 Å². The highest BCUT2D eigenvalue weighted by molar-refractivity contribution is 9.11. The van der Waals surface area contributed by atoms with Crippen LogP contribution in [0.5, 0.6) is 0 Å². The van der Waals surface area contributed by atoms with E-state index in [0.29, 0.717) is 9.48 Å². The third kappa shape index (κ3) is 1.19. The molecule has 5 heteroatoms. The molecule has 1 N–H and O–H groups in total. The fourth-order valence-corrected chi connectivity index (χ4v) is 1.89. The van der Waals surface area contributed by atoms with Crippen molar-refractivity contribution in [3.8, 4) is 0 Å². The zero-order chi connectivity index (χ0) is 7.72. The molecule has 0 atom stereocenters. The van der Waals surface area contributed by atoms with Gasteiger partial charge in [0.15, 0.2) is 0 Å². The van der Waals surface area contributed by atoms with Crippen LogP contribution in [0.1, 0.15) is 16.1 Å². The minimum Gasteiger partial charge on any atom is -0.478 e. The number of aryl methyl sites for hydroxylation is 1. The van der Waals surface area contributed by atoms with Crippen molar-refractivity contribution in [1.82, 2.24) is 4.37 Å². The summed E-state index contributed by atoms with van der Waals surface area (Å²) in [5, 5.41) is 8.57.